The van der Waals surface area contributed by atoms with Crippen molar-refractivity contribution in [2.75, 3.05) is 33.4 Å². The number of rotatable bonds is 10. The molecule has 0 aliphatic heterocycles. The minimum atomic E-state index is -0.101. The van der Waals surface area contributed by atoms with E-state index in [2.05, 4.69) is 6.08 Å². The number of likely N-dealkylation sites (N-methyl/N-ethyl adjacent to an activating group) is 1. The van der Waals surface area contributed by atoms with Crippen LogP contribution in [0.4, 0.5) is 0 Å². The number of nitrogens with zero attached hydrogens (tertiary/aromatic N) is 1. The van der Waals surface area contributed by atoms with E-state index >= 15 is 0 Å². The van der Waals surface area contributed by atoms with Gasteiger partial charge >= 0.3 is 0 Å². The van der Waals surface area contributed by atoms with Crippen molar-refractivity contribution in [1.82, 2.24) is 4.90 Å². The Morgan fingerprint density at radius 3 is 2.00 bits per heavy atom. The molecule has 2 aromatic carbocycles. The van der Waals surface area contributed by atoms with E-state index in [1.54, 1.807) is 24.1 Å². The van der Waals surface area contributed by atoms with E-state index in [1.165, 1.54) is 0 Å². The van der Waals surface area contributed by atoms with Crippen LogP contribution in [0.3, 0.4) is 0 Å². The highest BCUT2D eigenvalue weighted by atomic mass is 16.5. The van der Waals surface area contributed by atoms with Crippen molar-refractivity contribution < 1.29 is 19.0 Å². The van der Waals surface area contributed by atoms with Gasteiger partial charge in [-0.25, -0.2) is 0 Å². The molecule has 2 aromatic rings. The molecule has 5 heteroatoms. The van der Waals surface area contributed by atoms with Gasteiger partial charge in [0.25, 0.3) is 5.91 Å². The average Bonchev–Trinajstić information content (AvgIpc) is 2.70. The summed E-state index contributed by atoms with van der Waals surface area (Å²) >= 11 is 0. The Bertz CT molecular complexity index is 803. The summed E-state index contributed by atoms with van der Waals surface area (Å²) in [4.78, 5) is 14.8. The SMILES string of the molecule is CCOc1cc(C(=O)N(C)C/C(C)=C/c2ccccc2)cc(OCC)c1OCC. The summed E-state index contributed by atoms with van der Waals surface area (Å²) in [6, 6.07) is 13.5. The molecule has 0 fully saturated rings. The Kier molecular flexibility index (Phi) is 8.59. The Morgan fingerprint density at radius 1 is 0.931 bits per heavy atom. The third-order valence-electron chi connectivity index (χ3n) is 4.20. The fourth-order valence-electron chi connectivity index (χ4n) is 3.06. The van der Waals surface area contributed by atoms with Gasteiger partial charge in [-0.3, -0.25) is 4.79 Å². The highest BCUT2D eigenvalue weighted by Crippen LogP contribution is 2.39. The molecule has 0 saturated heterocycles. The Hall–Kier alpha value is -2.95. The van der Waals surface area contributed by atoms with Crippen LogP contribution >= 0.6 is 0 Å². The fourth-order valence-corrected chi connectivity index (χ4v) is 3.06. The van der Waals surface area contributed by atoms with Crippen LogP contribution in [0.15, 0.2) is 48.0 Å². The predicted molar refractivity (Wildman–Crippen MR) is 117 cm³/mol. The summed E-state index contributed by atoms with van der Waals surface area (Å²) in [5.74, 6) is 1.48. The fraction of sp³-hybridized carbons (Fsp3) is 0.375. The van der Waals surface area contributed by atoms with Crippen molar-refractivity contribution in [1.29, 1.82) is 0 Å². The van der Waals surface area contributed by atoms with Gasteiger partial charge in [-0.1, -0.05) is 42.0 Å². The van der Waals surface area contributed by atoms with Crippen LogP contribution in [0.25, 0.3) is 6.08 Å². The second-order valence-corrected chi connectivity index (χ2v) is 6.66. The molecule has 29 heavy (non-hydrogen) atoms. The molecule has 0 bridgehead atoms. The first kappa shape index (κ1) is 22.3. The Morgan fingerprint density at radius 2 is 1.48 bits per heavy atom. The van der Waals surface area contributed by atoms with E-state index in [0.717, 1.165) is 11.1 Å². The second-order valence-electron chi connectivity index (χ2n) is 6.66. The molecule has 0 aliphatic rings. The molecule has 5 nitrogen and oxygen atoms in total. The number of carbonyl (C=O) groups is 1. The molecule has 156 valence electrons. The molecule has 2 rings (SSSR count). The largest absolute Gasteiger partial charge is 0.490 e. The van der Waals surface area contributed by atoms with E-state index in [9.17, 15) is 4.79 Å². The zero-order valence-electron chi connectivity index (χ0n) is 18.0. The maximum atomic E-state index is 13.1. The average molecular weight is 398 g/mol. The summed E-state index contributed by atoms with van der Waals surface area (Å²) < 4.78 is 17.2. The molecule has 0 N–H and O–H groups in total. The number of ether oxygens (including phenoxy) is 3. The molecule has 0 aliphatic carbocycles. The van der Waals surface area contributed by atoms with Crippen LogP contribution in [-0.2, 0) is 0 Å². The van der Waals surface area contributed by atoms with Crippen molar-refractivity contribution in [3.05, 3.63) is 59.2 Å². The normalized spacial score (nSPS) is 11.1. The van der Waals surface area contributed by atoms with Gasteiger partial charge in [-0.05, 0) is 45.4 Å². The number of amides is 1. The standard InChI is InChI=1S/C24H31NO4/c1-6-27-21-15-20(16-22(28-7-2)23(21)29-8-3)24(26)25(5)17-18(4)14-19-12-10-9-11-13-19/h9-16H,6-8,17H2,1-5H3/b18-14+. The van der Waals surface area contributed by atoms with Crippen molar-refractivity contribution in [2.45, 2.75) is 27.7 Å². The van der Waals surface area contributed by atoms with Crippen LogP contribution < -0.4 is 14.2 Å². The van der Waals surface area contributed by atoms with Gasteiger partial charge in [0.2, 0.25) is 5.75 Å². The summed E-state index contributed by atoms with van der Waals surface area (Å²) in [5, 5.41) is 0. The smallest absolute Gasteiger partial charge is 0.254 e. The van der Waals surface area contributed by atoms with E-state index in [-0.39, 0.29) is 5.91 Å². The summed E-state index contributed by atoms with van der Waals surface area (Å²) in [6.45, 7) is 9.66. The van der Waals surface area contributed by atoms with E-state index < -0.39 is 0 Å². The summed E-state index contributed by atoms with van der Waals surface area (Å²) in [7, 11) is 1.79. The minimum absolute atomic E-state index is 0.101. The number of carbonyl (C=O) groups excluding carboxylic acids is 1. The summed E-state index contributed by atoms with van der Waals surface area (Å²) in [6.07, 6.45) is 2.08. The van der Waals surface area contributed by atoms with Gasteiger partial charge in [0.05, 0.1) is 19.8 Å². The van der Waals surface area contributed by atoms with Gasteiger partial charge < -0.3 is 19.1 Å². The molecule has 0 unspecified atom stereocenters. The molecule has 0 radical (unpaired) electrons. The topological polar surface area (TPSA) is 48.0 Å². The van der Waals surface area contributed by atoms with Crippen molar-refractivity contribution in [3.63, 3.8) is 0 Å². The van der Waals surface area contributed by atoms with Crippen molar-refractivity contribution in [2.24, 2.45) is 0 Å². The predicted octanol–water partition coefficient (Wildman–Crippen LogP) is 5.06. The van der Waals surface area contributed by atoms with E-state index in [4.69, 9.17) is 14.2 Å². The van der Waals surface area contributed by atoms with Crippen LogP contribution in [0.5, 0.6) is 17.2 Å². The first-order valence-electron chi connectivity index (χ1n) is 10.0. The minimum Gasteiger partial charge on any atom is -0.490 e. The van der Waals surface area contributed by atoms with Crippen LogP contribution in [-0.4, -0.2) is 44.2 Å². The molecule has 0 heterocycles. The lowest BCUT2D eigenvalue weighted by molar-refractivity contribution is 0.0806. The van der Waals surface area contributed by atoms with Gasteiger partial charge in [0, 0.05) is 19.2 Å². The van der Waals surface area contributed by atoms with Gasteiger partial charge in [0.15, 0.2) is 11.5 Å². The van der Waals surface area contributed by atoms with Crippen LogP contribution in [0.1, 0.15) is 43.6 Å². The second kappa shape index (κ2) is 11.1. The van der Waals surface area contributed by atoms with Gasteiger partial charge in [-0.2, -0.15) is 0 Å². The van der Waals surface area contributed by atoms with E-state index in [1.807, 2.05) is 58.0 Å². The van der Waals surface area contributed by atoms with E-state index in [0.29, 0.717) is 49.2 Å². The first-order chi connectivity index (χ1) is 14.0. The number of hydrogen-bond acceptors (Lipinski definition) is 4. The number of hydrogen-bond donors (Lipinski definition) is 0. The van der Waals surface area contributed by atoms with Gasteiger partial charge in [-0.15, -0.1) is 0 Å². The monoisotopic (exact) mass is 397 g/mol. The third kappa shape index (κ3) is 6.28. The van der Waals surface area contributed by atoms with Crippen molar-refractivity contribution >= 4 is 12.0 Å². The summed E-state index contributed by atoms with van der Waals surface area (Å²) in [5.41, 5.74) is 2.72. The molecular formula is C24H31NO4. The molecule has 1 amide bonds. The van der Waals surface area contributed by atoms with Crippen molar-refractivity contribution in [3.8, 4) is 17.2 Å². The molecular weight excluding hydrogens is 366 g/mol. The molecule has 0 spiro atoms. The number of benzene rings is 2. The van der Waals surface area contributed by atoms with Crippen LogP contribution in [0.2, 0.25) is 0 Å². The Balaban J connectivity index is 2.27. The molecule has 0 saturated carbocycles. The van der Waals surface area contributed by atoms with Gasteiger partial charge in [0.1, 0.15) is 0 Å². The quantitative estimate of drug-likeness (QED) is 0.562. The molecule has 0 aromatic heterocycles. The third-order valence-corrected chi connectivity index (χ3v) is 4.20. The first-order valence-corrected chi connectivity index (χ1v) is 10.0. The molecule has 0 atom stereocenters. The lowest BCUT2D eigenvalue weighted by Gasteiger charge is -2.21. The lowest BCUT2D eigenvalue weighted by atomic mass is 10.1. The highest BCUT2D eigenvalue weighted by molar-refractivity contribution is 5.95. The van der Waals surface area contributed by atoms with Crippen LogP contribution in [0, 0.1) is 0 Å². The highest BCUT2D eigenvalue weighted by Gasteiger charge is 2.20. The maximum Gasteiger partial charge on any atom is 0.254 e. The Labute approximate surface area is 173 Å². The maximum absolute atomic E-state index is 13.1. The zero-order chi connectivity index (χ0) is 21.2. The zero-order valence-corrected chi connectivity index (χ0v) is 18.0. The lowest BCUT2D eigenvalue weighted by Crippen LogP contribution is -2.28.